The molecule has 0 aromatic rings. The predicted molar refractivity (Wildman–Crippen MR) is 186 cm³/mol. The molecule has 0 saturated heterocycles. The summed E-state index contributed by atoms with van der Waals surface area (Å²) in [6.07, 6.45) is 30.2. The summed E-state index contributed by atoms with van der Waals surface area (Å²) in [5, 5.41) is 9.47. The summed E-state index contributed by atoms with van der Waals surface area (Å²) in [6, 6.07) is 0. The van der Waals surface area contributed by atoms with Gasteiger partial charge < -0.3 is 19.5 Å². The number of carbonyl (C=O) groups is 2. The fourth-order valence-electron chi connectivity index (χ4n) is 5.87. The molecule has 0 heterocycles. The molecular weight excluding hydrogens is 550 g/mol. The first-order chi connectivity index (χ1) is 21.6. The maximum Gasteiger partial charge on any atom is 0.306 e. The van der Waals surface area contributed by atoms with Crippen LogP contribution in [0, 0.1) is 0 Å². The summed E-state index contributed by atoms with van der Waals surface area (Å²) < 4.78 is 11.2. The topological polar surface area (TPSA) is 76.1 Å². The lowest BCUT2D eigenvalue weighted by molar-refractivity contribution is -0.150. The van der Waals surface area contributed by atoms with Crippen molar-refractivity contribution in [2.75, 3.05) is 32.8 Å². The number of aliphatic hydroxyl groups excluding tert-OH is 1. The minimum Gasteiger partial charge on any atom is -0.466 e. The first kappa shape index (κ1) is 42.9. The van der Waals surface area contributed by atoms with Crippen LogP contribution in [0.2, 0.25) is 0 Å². The molecule has 262 valence electrons. The van der Waals surface area contributed by atoms with Crippen molar-refractivity contribution < 1.29 is 24.2 Å². The molecule has 0 spiro atoms. The average molecular weight is 626 g/mol. The molecular formula is C38H75NO5. The molecule has 0 saturated carbocycles. The summed E-state index contributed by atoms with van der Waals surface area (Å²) in [6.45, 7) is 10.2. The van der Waals surface area contributed by atoms with E-state index >= 15 is 0 Å². The Balaban J connectivity index is 3.76. The van der Waals surface area contributed by atoms with E-state index in [0.29, 0.717) is 19.4 Å². The Morgan fingerprint density at radius 1 is 0.523 bits per heavy atom. The van der Waals surface area contributed by atoms with Gasteiger partial charge in [-0.1, -0.05) is 130 Å². The highest BCUT2D eigenvalue weighted by molar-refractivity contribution is 5.69. The van der Waals surface area contributed by atoms with Gasteiger partial charge in [-0.05, 0) is 64.5 Å². The first-order valence-electron chi connectivity index (χ1n) is 19.3. The van der Waals surface area contributed by atoms with Crippen molar-refractivity contribution >= 4 is 11.9 Å². The van der Waals surface area contributed by atoms with Gasteiger partial charge in [0.25, 0.3) is 0 Å². The molecule has 0 aliphatic carbocycles. The van der Waals surface area contributed by atoms with Crippen LogP contribution in [0.4, 0.5) is 0 Å². The molecule has 0 aliphatic heterocycles. The fourth-order valence-corrected chi connectivity index (χ4v) is 5.87. The number of unbranched alkanes of at least 4 members (excludes halogenated alkanes) is 18. The predicted octanol–water partition coefficient (Wildman–Crippen LogP) is 10.3. The Bertz CT molecular complexity index is 614. The lowest BCUT2D eigenvalue weighted by atomic mass is 10.0. The van der Waals surface area contributed by atoms with E-state index in [-0.39, 0.29) is 24.6 Å². The molecule has 0 aliphatic rings. The zero-order chi connectivity index (χ0) is 32.4. The van der Waals surface area contributed by atoms with Gasteiger partial charge in [-0.15, -0.1) is 0 Å². The molecule has 0 amide bonds. The van der Waals surface area contributed by atoms with Crippen LogP contribution in [0.1, 0.15) is 194 Å². The first-order valence-corrected chi connectivity index (χ1v) is 19.3. The van der Waals surface area contributed by atoms with Gasteiger partial charge in [-0.25, -0.2) is 0 Å². The molecule has 0 rings (SSSR count). The molecule has 44 heavy (non-hydrogen) atoms. The molecule has 6 nitrogen and oxygen atoms in total. The summed E-state index contributed by atoms with van der Waals surface area (Å²) in [4.78, 5) is 26.7. The molecule has 6 heteroatoms. The zero-order valence-electron chi connectivity index (χ0n) is 29.7. The van der Waals surface area contributed by atoms with Gasteiger partial charge in [0.05, 0.1) is 13.2 Å². The highest BCUT2D eigenvalue weighted by Crippen LogP contribution is 2.16. The lowest BCUT2D eigenvalue weighted by Gasteiger charge is -2.21. The Labute approximate surface area is 273 Å². The van der Waals surface area contributed by atoms with E-state index in [1.807, 2.05) is 0 Å². The number of esters is 2. The summed E-state index contributed by atoms with van der Waals surface area (Å²) in [5.41, 5.74) is 0. The third kappa shape index (κ3) is 30.9. The smallest absolute Gasteiger partial charge is 0.306 e. The monoisotopic (exact) mass is 626 g/mol. The minimum atomic E-state index is -0.0352. The van der Waals surface area contributed by atoms with Crippen LogP contribution in [-0.2, 0) is 19.1 Å². The van der Waals surface area contributed by atoms with Gasteiger partial charge in [0.2, 0.25) is 0 Å². The van der Waals surface area contributed by atoms with Gasteiger partial charge in [0.1, 0.15) is 6.10 Å². The van der Waals surface area contributed by atoms with Crippen LogP contribution >= 0.6 is 0 Å². The fraction of sp³-hybridized carbons (Fsp3) is 0.947. The number of ether oxygens (including phenoxy) is 2. The van der Waals surface area contributed by atoms with Crippen molar-refractivity contribution in [1.82, 2.24) is 4.90 Å². The number of hydrogen-bond donors (Lipinski definition) is 1. The van der Waals surface area contributed by atoms with Crippen molar-refractivity contribution in [3.63, 3.8) is 0 Å². The van der Waals surface area contributed by atoms with Crippen molar-refractivity contribution in [3.05, 3.63) is 0 Å². The van der Waals surface area contributed by atoms with Crippen LogP contribution in [0.25, 0.3) is 0 Å². The van der Waals surface area contributed by atoms with E-state index in [2.05, 4.69) is 25.7 Å². The summed E-state index contributed by atoms with van der Waals surface area (Å²) in [7, 11) is 0. The number of hydrogen-bond acceptors (Lipinski definition) is 6. The number of carbonyl (C=O) groups excluding carboxylic acids is 2. The maximum absolute atomic E-state index is 12.4. The van der Waals surface area contributed by atoms with Crippen LogP contribution in [-0.4, -0.2) is 60.9 Å². The maximum atomic E-state index is 12.4. The SMILES string of the molecule is CCCCCCCCOC(=O)CCCCCCCN(CCO)CCCCCCCC(=O)OC(CCC)CCCCCCCC. The van der Waals surface area contributed by atoms with Gasteiger partial charge in [0, 0.05) is 19.4 Å². The zero-order valence-corrected chi connectivity index (χ0v) is 29.7. The van der Waals surface area contributed by atoms with Crippen molar-refractivity contribution in [2.45, 2.75) is 200 Å². The third-order valence-corrected chi connectivity index (χ3v) is 8.68. The molecule has 0 bridgehead atoms. The molecule has 0 radical (unpaired) electrons. The van der Waals surface area contributed by atoms with Gasteiger partial charge in [0.15, 0.2) is 0 Å². The van der Waals surface area contributed by atoms with E-state index in [9.17, 15) is 14.7 Å². The molecule has 0 aromatic heterocycles. The van der Waals surface area contributed by atoms with Crippen molar-refractivity contribution in [2.24, 2.45) is 0 Å². The van der Waals surface area contributed by atoms with Crippen LogP contribution in [0.3, 0.4) is 0 Å². The third-order valence-electron chi connectivity index (χ3n) is 8.68. The second-order valence-electron chi connectivity index (χ2n) is 13.0. The van der Waals surface area contributed by atoms with Gasteiger partial charge >= 0.3 is 11.9 Å². The highest BCUT2D eigenvalue weighted by atomic mass is 16.5. The highest BCUT2D eigenvalue weighted by Gasteiger charge is 2.13. The van der Waals surface area contributed by atoms with E-state index in [1.165, 1.54) is 77.0 Å². The second kappa shape index (κ2) is 34.7. The Kier molecular flexibility index (Phi) is 33.8. The normalized spacial score (nSPS) is 12.1. The van der Waals surface area contributed by atoms with Crippen molar-refractivity contribution in [1.29, 1.82) is 0 Å². The molecule has 0 fully saturated rings. The van der Waals surface area contributed by atoms with Crippen LogP contribution in [0.5, 0.6) is 0 Å². The number of nitrogens with zero attached hydrogens (tertiary/aromatic N) is 1. The number of aliphatic hydroxyl groups is 1. The summed E-state index contributed by atoms with van der Waals surface area (Å²) in [5.74, 6) is -0.0426. The van der Waals surface area contributed by atoms with Gasteiger partial charge in [-0.3, -0.25) is 9.59 Å². The average Bonchev–Trinajstić information content (AvgIpc) is 3.01. The van der Waals surface area contributed by atoms with Gasteiger partial charge in [-0.2, -0.15) is 0 Å². The number of rotatable bonds is 35. The Hall–Kier alpha value is -1.14. The standard InChI is InChI=1S/C38H75NO5/c1-4-7-9-11-15-21-28-36(27-6-3)44-38(42)30-23-17-14-19-25-32-39(33-34-40)31-24-18-13-16-22-29-37(41)43-35-26-20-12-10-8-5-2/h36,40H,4-35H2,1-3H3. The molecule has 0 aromatic carbocycles. The lowest BCUT2D eigenvalue weighted by Crippen LogP contribution is -2.29. The summed E-state index contributed by atoms with van der Waals surface area (Å²) >= 11 is 0. The van der Waals surface area contributed by atoms with Crippen LogP contribution < -0.4 is 0 Å². The van der Waals surface area contributed by atoms with E-state index in [1.54, 1.807) is 0 Å². The van der Waals surface area contributed by atoms with Crippen LogP contribution in [0.15, 0.2) is 0 Å². The quantitative estimate of drug-likeness (QED) is 0.0558. The van der Waals surface area contributed by atoms with Crippen molar-refractivity contribution in [3.8, 4) is 0 Å². The van der Waals surface area contributed by atoms with E-state index in [0.717, 1.165) is 103 Å². The minimum absolute atomic E-state index is 0.00742. The van der Waals surface area contributed by atoms with E-state index in [4.69, 9.17) is 9.47 Å². The Morgan fingerprint density at radius 2 is 1.00 bits per heavy atom. The molecule has 1 unspecified atom stereocenters. The second-order valence-corrected chi connectivity index (χ2v) is 13.0. The molecule has 1 N–H and O–H groups in total. The molecule has 1 atom stereocenters. The Morgan fingerprint density at radius 3 is 1.55 bits per heavy atom. The largest absolute Gasteiger partial charge is 0.466 e. The van der Waals surface area contributed by atoms with E-state index < -0.39 is 0 Å².